The molecule has 0 spiro atoms. The number of piperazine rings is 1. The van der Waals surface area contributed by atoms with Gasteiger partial charge >= 0.3 is 12.1 Å². The summed E-state index contributed by atoms with van der Waals surface area (Å²) >= 11 is 0. The third-order valence-corrected chi connectivity index (χ3v) is 4.67. The molecule has 0 aromatic carbocycles. The minimum Gasteiger partial charge on any atom is -0.444 e. The Labute approximate surface area is 149 Å². The van der Waals surface area contributed by atoms with Crippen LogP contribution in [0.3, 0.4) is 0 Å². The van der Waals surface area contributed by atoms with Crippen molar-refractivity contribution in [3.8, 4) is 0 Å². The summed E-state index contributed by atoms with van der Waals surface area (Å²) in [7, 11) is 0. The summed E-state index contributed by atoms with van der Waals surface area (Å²) in [4.78, 5) is 40.8. The van der Waals surface area contributed by atoms with Crippen LogP contribution in [0.5, 0.6) is 0 Å². The maximum atomic E-state index is 12.5. The summed E-state index contributed by atoms with van der Waals surface area (Å²) in [5.41, 5.74) is 4.77. The summed E-state index contributed by atoms with van der Waals surface area (Å²) in [6.07, 6.45) is 1.80. The fraction of sp³-hybridized carbons (Fsp3) is 0.824. The minimum atomic E-state index is -0.510. The number of amides is 4. The van der Waals surface area contributed by atoms with Gasteiger partial charge in [-0.2, -0.15) is 0 Å². The number of ether oxygens (including phenoxy) is 1. The fourth-order valence-corrected chi connectivity index (χ4v) is 3.20. The van der Waals surface area contributed by atoms with Gasteiger partial charge in [-0.1, -0.05) is 0 Å². The van der Waals surface area contributed by atoms with Crippen molar-refractivity contribution in [2.45, 2.75) is 45.6 Å². The number of likely N-dealkylation sites (tertiary alicyclic amines) is 1. The summed E-state index contributed by atoms with van der Waals surface area (Å²) < 4.78 is 5.36. The Morgan fingerprint density at radius 3 is 1.92 bits per heavy atom. The van der Waals surface area contributed by atoms with Crippen LogP contribution in [0.2, 0.25) is 0 Å². The lowest BCUT2D eigenvalue weighted by atomic mass is 9.93. The monoisotopic (exact) mass is 354 g/mol. The van der Waals surface area contributed by atoms with Crippen molar-refractivity contribution in [2.24, 2.45) is 11.7 Å². The van der Waals surface area contributed by atoms with Crippen molar-refractivity contribution >= 4 is 18.0 Å². The predicted octanol–water partition coefficient (Wildman–Crippen LogP) is 1.25. The van der Waals surface area contributed by atoms with Crippen molar-refractivity contribution in [1.29, 1.82) is 0 Å². The van der Waals surface area contributed by atoms with Gasteiger partial charge in [0.15, 0.2) is 0 Å². The first-order chi connectivity index (χ1) is 11.7. The van der Waals surface area contributed by atoms with E-state index in [0.29, 0.717) is 51.6 Å². The number of rotatable bonds is 2. The molecule has 0 aromatic rings. The van der Waals surface area contributed by atoms with Crippen LogP contribution in [0.15, 0.2) is 0 Å². The van der Waals surface area contributed by atoms with E-state index in [1.807, 2.05) is 25.7 Å². The van der Waals surface area contributed by atoms with Crippen molar-refractivity contribution < 1.29 is 19.1 Å². The molecule has 0 atom stereocenters. The maximum Gasteiger partial charge on any atom is 0.410 e. The molecule has 2 saturated heterocycles. The molecule has 0 aromatic heterocycles. The lowest BCUT2D eigenvalue weighted by molar-refractivity contribution is -0.134. The molecule has 25 heavy (non-hydrogen) atoms. The first-order valence-corrected chi connectivity index (χ1v) is 8.96. The molecule has 2 heterocycles. The highest BCUT2D eigenvalue weighted by Crippen LogP contribution is 2.22. The Morgan fingerprint density at radius 1 is 0.920 bits per heavy atom. The van der Waals surface area contributed by atoms with E-state index in [0.717, 1.165) is 12.8 Å². The predicted molar refractivity (Wildman–Crippen MR) is 92.9 cm³/mol. The SMILES string of the molecule is CC(C)(C)OC(=O)N1CCN(C(=O)CC2CCN(C(N)=O)CC2)CC1. The second-order valence-electron chi connectivity index (χ2n) is 7.82. The number of hydrogen-bond acceptors (Lipinski definition) is 4. The lowest BCUT2D eigenvalue weighted by Crippen LogP contribution is -2.52. The van der Waals surface area contributed by atoms with Crippen LogP contribution < -0.4 is 5.73 Å². The van der Waals surface area contributed by atoms with E-state index >= 15 is 0 Å². The standard InChI is InChI=1S/C17H30N4O4/c1-17(2,3)25-16(24)21-10-8-19(9-11-21)14(22)12-13-4-6-20(7-5-13)15(18)23/h13H,4-12H2,1-3H3,(H2,18,23). The van der Waals surface area contributed by atoms with Gasteiger partial charge in [0.05, 0.1) is 0 Å². The zero-order chi connectivity index (χ0) is 18.6. The lowest BCUT2D eigenvalue weighted by Gasteiger charge is -2.37. The van der Waals surface area contributed by atoms with Crippen molar-refractivity contribution in [3.05, 3.63) is 0 Å². The molecule has 2 aliphatic rings. The van der Waals surface area contributed by atoms with Crippen molar-refractivity contribution in [2.75, 3.05) is 39.3 Å². The normalized spacial score (nSPS) is 19.7. The molecular weight excluding hydrogens is 324 g/mol. The number of nitrogens with two attached hydrogens (primary N) is 1. The number of nitrogens with zero attached hydrogens (tertiary/aromatic N) is 3. The second kappa shape index (κ2) is 7.93. The quantitative estimate of drug-likeness (QED) is 0.807. The Balaban J connectivity index is 1.73. The van der Waals surface area contributed by atoms with E-state index in [2.05, 4.69) is 0 Å². The summed E-state index contributed by atoms with van der Waals surface area (Å²) in [5.74, 6) is 0.424. The van der Waals surface area contributed by atoms with Gasteiger partial charge in [-0.25, -0.2) is 9.59 Å². The highest BCUT2D eigenvalue weighted by molar-refractivity contribution is 5.77. The van der Waals surface area contributed by atoms with Gasteiger partial charge in [-0.3, -0.25) is 4.79 Å². The van der Waals surface area contributed by atoms with Crippen LogP contribution in [0.1, 0.15) is 40.0 Å². The summed E-state index contributed by atoms with van der Waals surface area (Å²) in [5, 5.41) is 0. The smallest absolute Gasteiger partial charge is 0.410 e. The van der Waals surface area contributed by atoms with Crippen molar-refractivity contribution in [1.82, 2.24) is 14.7 Å². The molecule has 2 fully saturated rings. The molecule has 0 aliphatic carbocycles. The van der Waals surface area contributed by atoms with E-state index in [1.165, 1.54) is 0 Å². The zero-order valence-electron chi connectivity index (χ0n) is 15.5. The second-order valence-corrected chi connectivity index (χ2v) is 7.82. The molecule has 2 rings (SSSR count). The molecule has 0 unspecified atom stereocenters. The third-order valence-electron chi connectivity index (χ3n) is 4.67. The molecular formula is C17H30N4O4. The van der Waals surface area contributed by atoms with Crippen LogP contribution in [-0.2, 0) is 9.53 Å². The maximum absolute atomic E-state index is 12.5. The molecule has 2 aliphatic heterocycles. The Morgan fingerprint density at radius 2 is 1.44 bits per heavy atom. The van der Waals surface area contributed by atoms with Crippen LogP contribution >= 0.6 is 0 Å². The molecule has 8 nitrogen and oxygen atoms in total. The highest BCUT2D eigenvalue weighted by atomic mass is 16.6. The van der Waals surface area contributed by atoms with Gasteiger partial charge in [0, 0.05) is 45.7 Å². The number of carbonyl (C=O) groups excluding carboxylic acids is 3. The molecule has 4 amide bonds. The minimum absolute atomic E-state index is 0.126. The summed E-state index contributed by atoms with van der Waals surface area (Å²) in [6, 6.07) is -0.386. The van der Waals surface area contributed by atoms with E-state index in [-0.39, 0.29) is 18.0 Å². The molecule has 2 N–H and O–H groups in total. The van der Waals surface area contributed by atoms with Gasteiger partial charge in [0.2, 0.25) is 5.91 Å². The van der Waals surface area contributed by atoms with Crippen LogP contribution in [0, 0.1) is 5.92 Å². The van der Waals surface area contributed by atoms with Crippen LogP contribution in [-0.4, -0.2) is 77.6 Å². The third kappa shape index (κ3) is 5.79. The molecule has 8 heteroatoms. The highest BCUT2D eigenvalue weighted by Gasteiger charge is 2.29. The van der Waals surface area contributed by atoms with Crippen LogP contribution in [0.25, 0.3) is 0 Å². The van der Waals surface area contributed by atoms with Gasteiger partial charge in [0.1, 0.15) is 5.60 Å². The zero-order valence-corrected chi connectivity index (χ0v) is 15.5. The Hall–Kier alpha value is -1.99. The van der Waals surface area contributed by atoms with Gasteiger partial charge < -0.3 is 25.2 Å². The van der Waals surface area contributed by atoms with E-state index in [1.54, 1.807) is 9.80 Å². The average molecular weight is 354 g/mol. The fourth-order valence-electron chi connectivity index (χ4n) is 3.20. The number of urea groups is 1. The Kier molecular flexibility index (Phi) is 6.13. The summed E-state index contributed by atoms with van der Waals surface area (Å²) in [6.45, 7) is 8.86. The van der Waals surface area contributed by atoms with E-state index in [9.17, 15) is 14.4 Å². The molecule has 142 valence electrons. The Bertz CT molecular complexity index is 501. The number of carbonyl (C=O) groups is 3. The van der Waals surface area contributed by atoms with Gasteiger partial charge in [-0.05, 0) is 39.5 Å². The van der Waals surface area contributed by atoms with Gasteiger partial charge in [-0.15, -0.1) is 0 Å². The molecule has 0 saturated carbocycles. The first kappa shape index (κ1) is 19.3. The average Bonchev–Trinajstić information content (AvgIpc) is 2.54. The van der Waals surface area contributed by atoms with Crippen molar-refractivity contribution in [3.63, 3.8) is 0 Å². The number of primary amides is 1. The molecule has 0 bridgehead atoms. The topological polar surface area (TPSA) is 96.2 Å². The molecule has 0 radical (unpaired) electrons. The largest absolute Gasteiger partial charge is 0.444 e. The first-order valence-electron chi connectivity index (χ1n) is 8.96. The van der Waals surface area contributed by atoms with E-state index in [4.69, 9.17) is 10.5 Å². The van der Waals surface area contributed by atoms with E-state index < -0.39 is 5.60 Å². The number of hydrogen-bond donors (Lipinski definition) is 1. The van der Waals surface area contributed by atoms with Crippen LogP contribution in [0.4, 0.5) is 9.59 Å². The van der Waals surface area contributed by atoms with Gasteiger partial charge in [0.25, 0.3) is 0 Å². The number of piperidine rings is 1.